The zero-order valence-corrected chi connectivity index (χ0v) is 23.5. The van der Waals surface area contributed by atoms with E-state index in [9.17, 15) is 0 Å². The van der Waals surface area contributed by atoms with E-state index in [1.807, 2.05) is 0 Å². The first kappa shape index (κ1) is 24.5. The van der Waals surface area contributed by atoms with Gasteiger partial charge in [-0.2, -0.15) is 0 Å². The molecule has 6 unspecified atom stereocenters. The maximum absolute atomic E-state index is 6.70. The number of ether oxygens (including phenoxy) is 2. The summed E-state index contributed by atoms with van der Waals surface area (Å²) in [5.74, 6) is 1.55. The Morgan fingerprint density at radius 2 is 1.06 bits per heavy atom. The second-order valence-electron chi connectivity index (χ2n) is 11.5. The molecule has 0 radical (unpaired) electrons. The van der Waals surface area contributed by atoms with E-state index in [4.69, 9.17) is 26.6 Å². The number of hydrogen-bond acceptors (Lipinski definition) is 6. The minimum absolute atomic E-state index is 0.549. The van der Waals surface area contributed by atoms with Crippen LogP contribution in [0.15, 0.2) is 0 Å². The molecule has 0 spiro atoms. The zero-order valence-electron chi connectivity index (χ0n) is 20.5. The highest BCUT2D eigenvalue weighted by molar-refractivity contribution is 6.84. The summed E-state index contributed by atoms with van der Waals surface area (Å²) in [4.78, 5) is 0. The van der Waals surface area contributed by atoms with Gasteiger partial charge in [0, 0.05) is 14.2 Å². The second kappa shape index (κ2) is 9.58. The van der Waals surface area contributed by atoms with Gasteiger partial charge in [0.2, 0.25) is 0 Å². The van der Waals surface area contributed by atoms with E-state index in [2.05, 4.69) is 26.2 Å². The van der Waals surface area contributed by atoms with Crippen LogP contribution in [0.5, 0.6) is 0 Å². The van der Waals surface area contributed by atoms with Crippen LogP contribution in [-0.2, 0) is 26.6 Å². The monoisotopic (exact) mass is 488 g/mol. The molecule has 0 N–H and O–H groups in total. The molecule has 0 bridgehead atoms. The van der Waals surface area contributed by atoms with Gasteiger partial charge in [-0.3, -0.25) is 0 Å². The van der Waals surface area contributed by atoms with Crippen molar-refractivity contribution in [1.82, 2.24) is 0 Å². The van der Waals surface area contributed by atoms with Crippen molar-refractivity contribution >= 4 is 25.7 Å². The summed E-state index contributed by atoms with van der Waals surface area (Å²) in [5, 5.41) is 0. The smallest absolute Gasteiger partial charge is 0.395 e. The molecule has 4 aliphatic rings. The maximum Gasteiger partial charge on any atom is 0.657 e. The molecule has 2 heterocycles. The molecule has 2 saturated heterocycles. The van der Waals surface area contributed by atoms with E-state index < -0.39 is 25.7 Å². The number of hydrogen-bond donors (Lipinski definition) is 0. The Morgan fingerprint density at radius 3 is 1.42 bits per heavy atom. The van der Waals surface area contributed by atoms with Gasteiger partial charge < -0.3 is 26.6 Å². The van der Waals surface area contributed by atoms with Crippen LogP contribution in [0.3, 0.4) is 0 Å². The number of epoxide rings is 2. The highest BCUT2D eigenvalue weighted by Crippen LogP contribution is 2.43. The first-order valence-corrected chi connectivity index (χ1v) is 20.3. The lowest BCUT2D eigenvalue weighted by Gasteiger charge is -2.39. The summed E-state index contributed by atoms with van der Waals surface area (Å²) in [6.45, 7) is 9.16. The molecule has 6 atom stereocenters. The van der Waals surface area contributed by atoms with Crippen LogP contribution in [0.4, 0.5) is 0 Å². The second-order valence-corrected chi connectivity index (χ2v) is 23.0. The minimum atomic E-state index is -3.12. The van der Waals surface area contributed by atoms with E-state index in [1.54, 1.807) is 14.2 Å². The molecule has 180 valence electrons. The Balaban J connectivity index is 1.27. The van der Waals surface area contributed by atoms with Crippen molar-refractivity contribution in [2.45, 2.75) is 114 Å². The minimum Gasteiger partial charge on any atom is -0.395 e. The molecule has 0 amide bonds. The fourth-order valence-corrected chi connectivity index (χ4v) is 16.1. The molecular formula is C22H44O6Si3. The molecule has 31 heavy (non-hydrogen) atoms. The Kier molecular flexibility index (Phi) is 7.58. The van der Waals surface area contributed by atoms with E-state index in [1.165, 1.54) is 51.4 Å². The Bertz CT molecular complexity index is 566. The average molecular weight is 489 g/mol. The fourth-order valence-electron chi connectivity index (χ4n) is 5.65. The topological polar surface area (TPSA) is 62.0 Å². The standard InChI is InChI=1S/C22H44O6Si3/c1-23-31(24-2,27-29(3,4)13-11-17-7-9-19-21(15-17)25-19)28-30(5,6)14-12-18-8-10-20-22(16-18)26-20/h17-22H,7-16H2,1-6H3. The van der Waals surface area contributed by atoms with Gasteiger partial charge in [-0.25, -0.2) is 0 Å². The van der Waals surface area contributed by atoms with Crippen LogP contribution in [0, 0.1) is 11.8 Å². The highest BCUT2D eigenvalue weighted by atomic mass is 28.5. The van der Waals surface area contributed by atoms with Crippen LogP contribution in [0.25, 0.3) is 0 Å². The van der Waals surface area contributed by atoms with Gasteiger partial charge in [-0.1, -0.05) is 12.8 Å². The van der Waals surface area contributed by atoms with Crippen LogP contribution in [-0.4, -0.2) is 64.3 Å². The van der Waals surface area contributed by atoms with E-state index in [0.29, 0.717) is 24.4 Å². The van der Waals surface area contributed by atoms with Crippen molar-refractivity contribution < 1.29 is 26.6 Å². The summed E-state index contributed by atoms with van der Waals surface area (Å²) in [6.07, 6.45) is 12.2. The SMILES string of the molecule is CO[Si](OC)(O[Si](C)(C)CCC1CCC2OC2C1)O[Si](C)(C)CCC1CCC2OC2C1. The molecular weight excluding hydrogens is 444 g/mol. The largest absolute Gasteiger partial charge is 0.657 e. The fraction of sp³-hybridized carbons (Fsp3) is 1.00. The molecule has 9 heteroatoms. The summed E-state index contributed by atoms with van der Waals surface area (Å²) in [5.41, 5.74) is 0. The molecule has 0 aromatic carbocycles. The van der Waals surface area contributed by atoms with Crippen LogP contribution >= 0.6 is 0 Å². The molecule has 4 fully saturated rings. The number of rotatable bonds is 12. The lowest BCUT2D eigenvalue weighted by Crippen LogP contribution is -2.59. The van der Waals surface area contributed by atoms with Gasteiger partial charge in [0.05, 0.1) is 24.4 Å². The predicted octanol–water partition coefficient (Wildman–Crippen LogP) is 5.07. The van der Waals surface area contributed by atoms with Gasteiger partial charge in [-0.05, 0) is 88.6 Å². The van der Waals surface area contributed by atoms with Crippen LogP contribution in [0.1, 0.15) is 51.4 Å². The van der Waals surface area contributed by atoms with Crippen molar-refractivity contribution in [3.8, 4) is 0 Å². The highest BCUT2D eigenvalue weighted by Gasteiger charge is 2.52. The molecule has 6 nitrogen and oxygen atoms in total. The molecule has 2 aliphatic carbocycles. The van der Waals surface area contributed by atoms with Gasteiger partial charge >= 0.3 is 9.05 Å². The van der Waals surface area contributed by atoms with Crippen molar-refractivity contribution in [1.29, 1.82) is 0 Å². The van der Waals surface area contributed by atoms with Gasteiger partial charge in [0.1, 0.15) is 0 Å². The first-order valence-electron chi connectivity index (χ1n) is 12.4. The summed E-state index contributed by atoms with van der Waals surface area (Å²) < 4.78 is 36.6. The normalized spacial score (nSPS) is 35.4. The van der Waals surface area contributed by atoms with Crippen molar-refractivity contribution in [3.05, 3.63) is 0 Å². The summed E-state index contributed by atoms with van der Waals surface area (Å²) in [7, 11) is -3.69. The van der Waals surface area contributed by atoms with Gasteiger partial charge in [-0.15, -0.1) is 0 Å². The average Bonchev–Trinajstić information content (AvgIpc) is 3.63. The Morgan fingerprint density at radius 1 is 0.645 bits per heavy atom. The van der Waals surface area contributed by atoms with Crippen molar-refractivity contribution in [2.24, 2.45) is 11.8 Å². The van der Waals surface area contributed by atoms with Crippen LogP contribution in [0.2, 0.25) is 38.3 Å². The quantitative estimate of drug-likeness (QED) is 0.282. The molecule has 0 aromatic rings. The third-order valence-corrected chi connectivity index (χ3v) is 18.2. The molecule has 4 rings (SSSR count). The lowest BCUT2D eigenvalue weighted by atomic mass is 9.88. The zero-order chi connectivity index (χ0) is 22.3. The molecule has 2 saturated carbocycles. The van der Waals surface area contributed by atoms with Crippen molar-refractivity contribution in [3.63, 3.8) is 0 Å². The van der Waals surface area contributed by atoms with Crippen molar-refractivity contribution in [2.75, 3.05) is 14.2 Å². The molecule has 2 aliphatic heterocycles. The summed E-state index contributed by atoms with van der Waals surface area (Å²) in [6, 6.07) is 2.24. The van der Waals surface area contributed by atoms with Crippen LogP contribution < -0.4 is 0 Å². The third kappa shape index (κ3) is 6.73. The van der Waals surface area contributed by atoms with Gasteiger partial charge in [0.15, 0.2) is 16.6 Å². The number of fused-ring (bicyclic) bond motifs is 2. The first-order chi connectivity index (χ1) is 14.6. The lowest BCUT2D eigenvalue weighted by molar-refractivity contribution is 0.0754. The van der Waals surface area contributed by atoms with Gasteiger partial charge in [0.25, 0.3) is 0 Å². The van der Waals surface area contributed by atoms with E-state index >= 15 is 0 Å². The maximum atomic E-state index is 6.70. The van der Waals surface area contributed by atoms with E-state index in [0.717, 1.165) is 23.9 Å². The predicted molar refractivity (Wildman–Crippen MR) is 128 cm³/mol. The third-order valence-electron chi connectivity index (χ3n) is 7.84. The van der Waals surface area contributed by atoms with E-state index in [-0.39, 0.29) is 0 Å². The Hall–Kier alpha value is 0.411. The summed E-state index contributed by atoms with van der Waals surface area (Å²) >= 11 is 0. The molecule has 0 aromatic heterocycles. The Labute approximate surface area is 192 Å².